The van der Waals surface area contributed by atoms with Crippen LogP contribution in [0.3, 0.4) is 0 Å². The number of rotatable bonds is 2. The molecule has 0 amide bonds. The SMILES string of the molecule is Cc1ccc2c(c1)c1cc(C)ccc1n2-c1ccccc1.Cc1ccc2c(c1)sc1cc(C)ccc12.Cc1ccc2c3ccc(C)cc3n(-c3ccccc3)c2c1. The van der Waals surface area contributed by atoms with Gasteiger partial charge < -0.3 is 9.13 Å². The van der Waals surface area contributed by atoms with Crippen LogP contribution in [0.5, 0.6) is 0 Å². The Balaban J connectivity index is 0.000000113. The zero-order chi connectivity index (χ0) is 39.2. The van der Waals surface area contributed by atoms with Crippen LogP contribution in [0.2, 0.25) is 0 Å². The Kier molecular flexibility index (Phi) is 9.48. The summed E-state index contributed by atoms with van der Waals surface area (Å²) < 4.78 is 7.51. The van der Waals surface area contributed by atoms with Crippen LogP contribution in [-0.4, -0.2) is 9.13 Å². The highest BCUT2D eigenvalue weighted by atomic mass is 32.1. The molecule has 11 aromatic rings. The molecule has 0 spiro atoms. The molecule has 0 aliphatic heterocycles. The number of thiophene rings is 1. The van der Waals surface area contributed by atoms with E-state index in [1.54, 1.807) is 0 Å². The van der Waals surface area contributed by atoms with Crippen molar-refractivity contribution in [2.45, 2.75) is 41.5 Å². The molecule has 0 aliphatic carbocycles. The number of benzene rings is 8. The van der Waals surface area contributed by atoms with Crippen molar-refractivity contribution in [1.82, 2.24) is 9.13 Å². The van der Waals surface area contributed by atoms with Crippen molar-refractivity contribution >= 4 is 75.1 Å². The molecule has 0 atom stereocenters. The number of hydrogen-bond acceptors (Lipinski definition) is 1. The highest BCUT2D eigenvalue weighted by Gasteiger charge is 2.14. The molecule has 0 bridgehead atoms. The summed E-state index contributed by atoms with van der Waals surface area (Å²) in [6.45, 7) is 12.9. The molecule has 0 aliphatic rings. The molecule has 0 saturated carbocycles. The highest BCUT2D eigenvalue weighted by molar-refractivity contribution is 7.25. The smallest absolute Gasteiger partial charge is 0.0543 e. The Morgan fingerprint density at radius 1 is 0.281 bits per heavy atom. The average molecular weight is 755 g/mol. The molecule has 0 unspecified atom stereocenters. The van der Waals surface area contributed by atoms with Crippen LogP contribution in [-0.2, 0) is 0 Å². The highest BCUT2D eigenvalue weighted by Crippen LogP contribution is 2.36. The second kappa shape index (κ2) is 14.9. The van der Waals surface area contributed by atoms with Gasteiger partial charge in [0.2, 0.25) is 0 Å². The second-order valence-electron chi connectivity index (χ2n) is 15.5. The lowest BCUT2D eigenvalue weighted by Gasteiger charge is -2.08. The third kappa shape index (κ3) is 6.90. The van der Waals surface area contributed by atoms with Crippen LogP contribution in [0.25, 0.3) is 75.2 Å². The summed E-state index contributed by atoms with van der Waals surface area (Å²) in [5.41, 5.74) is 15.4. The third-order valence-electron chi connectivity index (χ3n) is 11.0. The number of fused-ring (bicyclic) bond motifs is 9. The zero-order valence-corrected chi connectivity index (χ0v) is 34.3. The minimum absolute atomic E-state index is 1.21. The van der Waals surface area contributed by atoms with Crippen LogP contribution in [0.1, 0.15) is 33.4 Å². The van der Waals surface area contributed by atoms with E-state index < -0.39 is 0 Å². The summed E-state index contributed by atoms with van der Waals surface area (Å²) in [4.78, 5) is 0. The van der Waals surface area contributed by atoms with Gasteiger partial charge in [-0.3, -0.25) is 0 Å². The predicted octanol–water partition coefficient (Wildman–Crippen LogP) is 15.5. The summed E-state index contributed by atoms with van der Waals surface area (Å²) in [5, 5.41) is 8.08. The van der Waals surface area contributed by atoms with Crippen molar-refractivity contribution in [3.63, 3.8) is 0 Å². The van der Waals surface area contributed by atoms with E-state index in [2.05, 4.69) is 221 Å². The largest absolute Gasteiger partial charge is 0.309 e. The lowest BCUT2D eigenvalue weighted by atomic mass is 10.1. The van der Waals surface area contributed by atoms with Gasteiger partial charge in [-0.25, -0.2) is 0 Å². The van der Waals surface area contributed by atoms with E-state index in [-0.39, 0.29) is 0 Å². The Bertz CT molecular complexity index is 3060. The van der Waals surface area contributed by atoms with Gasteiger partial charge >= 0.3 is 0 Å². The van der Waals surface area contributed by atoms with E-state index >= 15 is 0 Å². The monoisotopic (exact) mass is 754 g/mol. The van der Waals surface area contributed by atoms with E-state index in [1.165, 1.54) is 109 Å². The Morgan fingerprint density at radius 3 is 1.04 bits per heavy atom. The maximum absolute atomic E-state index is 2.37. The lowest BCUT2D eigenvalue weighted by Crippen LogP contribution is -1.93. The Morgan fingerprint density at radius 2 is 0.614 bits per heavy atom. The van der Waals surface area contributed by atoms with Gasteiger partial charge in [-0.05, 0) is 137 Å². The molecule has 57 heavy (non-hydrogen) atoms. The number of para-hydroxylation sites is 2. The summed E-state index contributed by atoms with van der Waals surface area (Å²) in [6.07, 6.45) is 0. The van der Waals surface area contributed by atoms with Crippen LogP contribution < -0.4 is 0 Å². The van der Waals surface area contributed by atoms with Gasteiger partial charge in [0.25, 0.3) is 0 Å². The maximum Gasteiger partial charge on any atom is 0.0543 e. The van der Waals surface area contributed by atoms with E-state index in [9.17, 15) is 0 Å². The van der Waals surface area contributed by atoms with E-state index in [4.69, 9.17) is 0 Å². The van der Waals surface area contributed by atoms with Crippen molar-refractivity contribution in [2.24, 2.45) is 0 Å². The molecular weight excluding hydrogens is 709 g/mol. The van der Waals surface area contributed by atoms with Gasteiger partial charge in [-0.2, -0.15) is 0 Å². The first-order valence-electron chi connectivity index (χ1n) is 19.7. The standard InChI is InChI=1S/2C20H17N.C14H12S/c1-14-8-10-19-17(12-14)18-13-15(2)9-11-20(18)21(19)16-6-4-3-5-7-16;1-14-8-10-17-18-11-9-15(2)13-20(18)21(19(17)12-14)16-6-4-3-5-7-16;1-9-3-5-11-12-6-4-10(2)8-14(12)15-13(11)7-9/h2*3-13H,1-2H3;3-8H,1-2H3. The van der Waals surface area contributed by atoms with Gasteiger partial charge in [0.05, 0.1) is 22.1 Å². The number of hydrogen-bond donors (Lipinski definition) is 0. The fourth-order valence-electron chi connectivity index (χ4n) is 8.19. The minimum Gasteiger partial charge on any atom is -0.309 e. The molecule has 8 aromatic carbocycles. The third-order valence-corrected chi connectivity index (χ3v) is 12.1. The first-order valence-corrected chi connectivity index (χ1v) is 20.6. The van der Waals surface area contributed by atoms with Gasteiger partial charge in [-0.1, -0.05) is 108 Å². The molecule has 0 fully saturated rings. The van der Waals surface area contributed by atoms with Crippen molar-refractivity contribution in [3.8, 4) is 11.4 Å². The van der Waals surface area contributed by atoms with E-state index in [0.717, 1.165) is 0 Å². The van der Waals surface area contributed by atoms with Crippen molar-refractivity contribution < 1.29 is 0 Å². The minimum atomic E-state index is 1.21. The first-order chi connectivity index (χ1) is 27.7. The Labute approximate surface area is 338 Å². The van der Waals surface area contributed by atoms with Crippen LogP contribution in [0.15, 0.2) is 170 Å². The summed E-state index contributed by atoms with van der Waals surface area (Å²) in [7, 11) is 0. The van der Waals surface area contributed by atoms with Crippen molar-refractivity contribution in [3.05, 3.63) is 203 Å². The molecular formula is C54H46N2S. The zero-order valence-electron chi connectivity index (χ0n) is 33.5. The van der Waals surface area contributed by atoms with E-state index in [1.807, 2.05) is 11.3 Å². The molecule has 278 valence electrons. The second-order valence-corrected chi connectivity index (χ2v) is 16.6. The summed E-state index contributed by atoms with van der Waals surface area (Å²) >= 11 is 1.89. The summed E-state index contributed by atoms with van der Waals surface area (Å²) in [6, 6.07) is 61.4. The normalized spacial score (nSPS) is 11.3. The van der Waals surface area contributed by atoms with Crippen molar-refractivity contribution in [1.29, 1.82) is 0 Å². The summed E-state index contributed by atoms with van der Waals surface area (Å²) in [5.74, 6) is 0. The molecule has 3 heteroatoms. The van der Waals surface area contributed by atoms with Crippen molar-refractivity contribution in [2.75, 3.05) is 0 Å². The topological polar surface area (TPSA) is 9.86 Å². The maximum atomic E-state index is 2.37. The quantitative estimate of drug-likeness (QED) is 0.166. The lowest BCUT2D eigenvalue weighted by molar-refractivity contribution is 1.17. The van der Waals surface area contributed by atoms with Crippen LogP contribution in [0, 0.1) is 41.5 Å². The number of nitrogens with zero attached hydrogens (tertiary/aromatic N) is 2. The molecule has 3 heterocycles. The molecule has 0 saturated heterocycles. The van der Waals surface area contributed by atoms with Crippen LogP contribution in [0.4, 0.5) is 0 Å². The number of aromatic nitrogens is 2. The number of aryl methyl sites for hydroxylation is 6. The van der Waals surface area contributed by atoms with E-state index in [0.29, 0.717) is 0 Å². The fourth-order valence-corrected chi connectivity index (χ4v) is 9.49. The molecule has 2 nitrogen and oxygen atoms in total. The van der Waals surface area contributed by atoms with Gasteiger partial charge in [0, 0.05) is 53.1 Å². The van der Waals surface area contributed by atoms with Crippen LogP contribution >= 0.6 is 11.3 Å². The average Bonchev–Trinajstić information content (AvgIpc) is 3.84. The molecule has 0 radical (unpaired) electrons. The first kappa shape index (κ1) is 36.2. The Hall–Kier alpha value is -6.42. The van der Waals surface area contributed by atoms with Gasteiger partial charge in [0.15, 0.2) is 0 Å². The molecule has 11 rings (SSSR count). The molecule has 0 N–H and O–H groups in total. The molecule has 3 aromatic heterocycles. The predicted molar refractivity (Wildman–Crippen MR) is 249 cm³/mol. The van der Waals surface area contributed by atoms with Gasteiger partial charge in [0.1, 0.15) is 0 Å². The van der Waals surface area contributed by atoms with Gasteiger partial charge in [-0.15, -0.1) is 11.3 Å². The fraction of sp³-hybridized carbons (Fsp3) is 0.111.